The number of carbonyl (C=O) groups excluding carboxylic acids is 2. The minimum atomic E-state index is -4.65. The number of allylic oxidation sites excluding steroid dienone is 2. The molecule has 2 aliphatic carbocycles. The highest BCUT2D eigenvalue weighted by molar-refractivity contribution is 6.02. The summed E-state index contributed by atoms with van der Waals surface area (Å²) < 4.78 is 102. The van der Waals surface area contributed by atoms with Crippen molar-refractivity contribution in [2.45, 2.75) is 95.0 Å². The first-order valence-corrected chi connectivity index (χ1v) is 24.4. The van der Waals surface area contributed by atoms with Crippen molar-refractivity contribution >= 4 is 68.0 Å². The Balaban J connectivity index is 0.000000204. The van der Waals surface area contributed by atoms with Crippen molar-refractivity contribution in [2.24, 2.45) is 11.8 Å². The minimum Gasteiger partial charge on any atom is -0.382 e. The summed E-state index contributed by atoms with van der Waals surface area (Å²) in [7, 11) is 2.09. The van der Waals surface area contributed by atoms with Gasteiger partial charge in [-0.15, -0.1) is 0 Å². The van der Waals surface area contributed by atoms with Crippen molar-refractivity contribution in [3.05, 3.63) is 96.6 Å². The van der Waals surface area contributed by atoms with Crippen LogP contribution in [0, 0.1) is 11.8 Å². The van der Waals surface area contributed by atoms with E-state index >= 15 is 0 Å². The highest BCUT2D eigenvalue weighted by Gasteiger charge is 2.43. The maximum atomic E-state index is 14.1. The van der Waals surface area contributed by atoms with Gasteiger partial charge in [0.05, 0.1) is 45.6 Å². The number of ether oxygens (including phenoxy) is 1. The number of aromatic nitrogens is 2. The van der Waals surface area contributed by atoms with E-state index in [-0.39, 0.29) is 70.9 Å². The molecule has 9 rings (SSSR count). The van der Waals surface area contributed by atoms with Gasteiger partial charge in [-0.1, -0.05) is 63.4 Å². The molecule has 4 aromatic rings. The zero-order chi connectivity index (χ0) is 51.1. The average Bonchev–Trinajstić information content (AvgIpc) is 4.29. The lowest BCUT2D eigenvalue weighted by molar-refractivity contribution is -0.122. The van der Waals surface area contributed by atoms with E-state index in [1.165, 1.54) is 0 Å². The van der Waals surface area contributed by atoms with Crippen LogP contribution in [0.1, 0.15) is 81.6 Å². The Morgan fingerprint density at radius 2 is 1.28 bits per heavy atom. The lowest BCUT2D eigenvalue weighted by Crippen LogP contribution is -2.46. The smallest absolute Gasteiger partial charge is 0.382 e. The molecule has 4 atom stereocenters. The van der Waals surface area contributed by atoms with Crippen molar-refractivity contribution in [2.75, 3.05) is 63.6 Å². The quantitative estimate of drug-likeness (QED) is 0.0784. The van der Waals surface area contributed by atoms with Gasteiger partial charge in [0, 0.05) is 96.7 Å². The highest BCUT2D eigenvalue weighted by atomic mass is 19.4. The monoisotopic (exact) mass is 992 g/mol. The van der Waals surface area contributed by atoms with E-state index in [0.717, 1.165) is 63.7 Å². The number of hydrogen-bond donors (Lipinski definition) is 5. The fourth-order valence-corrected chi connectivity index (χ4v) is 9.09. The number of carbonyl (C=O) groups is 2. The highest BCUT2D eigenvalue weighted by Crippen LogP contribution is 2.41. The molecular weight excluding hydrogens is 930 g/mol. The van der Waals surface area contributed by atoms with Crippen LogP contribution in [0.3, 0.4) is 0 Å². The molecule has 3 aliphatic heterocycles. The largest absolute Gasteiger partial charge is 0.417 e. The molecule has 2 amide bonds. The first-order valence-electron chi connectivity index (χ1n) is 24.4. The molecule has 0 radical (unpaired) electrons. The predicted octanol–water partition coefficient (Wildman–Crippen LogP) is 10.1. The molecule has 2 aromatic heterocycles. The van der Waals surface area contributed by atoms with E-state index in [4.69, 9.17) is 4.74 Å². The van der Waals surface area contributed by atoms with E-state index in [1.807, 2.05) is 19.9 Å². The number of hydrogen-bond acceptors (Lipinski definition) is 9. The topological polar surface area (TPSA) is 133 Å². The van der Waals surface area contributed by atoms with Crippen LogP contribution in [-0.4, -0.2) is 116 Å². The molecular formula is C53H63F7N8O3. The molecule has 5 fully saturated rings. The van der Waals surface area contributed by atoms with E-state index in [0.29, 0.717) is 47.2 Å². The van der Waals surface area contributed by atoms with Gasteiger partial charge in [-0.05, 0) is 88.4 Å². The maximum Gasteiger partial charge on any atom is 0.417 e. The number of fused-ring (bicyclic) bond motifs is 2. The van der Waals surface area contributed by atoms with E-state index in [1.54, 1.807) is 66.8 Å². The number of pyridine rings is 2. The van der Waals surface area contributed by atoms with Crippen molar-refractivity contribution in [3.63, 3.8) is 0 Å². The van der Waals surface area contributed by atoms with Gasteiger partial charge in [0.2, 0.25) is 11.8 Å². The summed E-state index contributed by atoms with van der Waals surface area (Å²) in [4.78, 5) is 34.4. The van der Waals surface area contributed by atoms with E-state index in [2.05, 4.69) is 61.7 Å². The van der Waals surface area contributed by atoms with Crippen LogP contribution in [0.25, 0.3) is 44.8 Å². The molecule has 5 aliphatic rings. The van der Waals surface area contributed by atoms with Crippen LogP contribution >= 0.6 is 0 Å². The number of benzene rings is 2. The van der Waals surface area contributed by atoms with Crippen LogP contribution in [-0.2, 0) is 14.3 Å². The summed E-state index contributed by atoms with van der Waals surface area (Å²) in [6.45, 7) is 14.2. The molecule has 18 heteroatoms. The number of halogens is 7. The fraction of sp³-hybridized carbons (Fsp3) is 0.472. The van der Waals surface area contributed by atoms with Gasteiger partial charge < -0.3 is 36.2 Å². The molecule has 1 spiro atoms. The lowest BCUT2D eigenvalue weighted by Gasteiger charge is -2.39. The van der Waals surface area contributed by atoms with Crippen LogP contribution < -0.4 is 26.6 Å². The number of likely N-dealkylation sites (tertiary alicyclic amines) is 1. The number of anilines is 2. The molecule has 3 saturated heterocycles. The number of rotatable bonds is 14. The lowest BCUT2D eigenvalue weighted by atomic mass is 9.89. The van der Waals surface area contributed by atoms with Gasteiger partial charge in [0.1, 0.15) is 6.17 Å². The minimum absolute atomic E-state index is 0.0106. The third-order valence-electron chi connectivity index (χ3n) is 13.1. The summed E-state index contributed by atoms with van der Waals surface area (Å²) in [5.41, 5.74) is -0.717. The molecule has 4 unspecified atom stereocenters. The zero-order valence-electron chi connectivity index (χ0n) is 40.3. The normalized spacial score (nSPS) is 22.5. The van der Waals surface area contributed by atoms with Gasteiger partial charge in [0.15, 0.2) is 0 Å². The van der Waals surface area contributed by atoms with Crippen LogP contribution in [0.5, 0.6) is 0 Å². The van der Waals surface area contributed by atoms with Crippen LogP contribution in [0.2, 0.25) is 0 Å². The summed E-state index contributed by atoms with van der Waals surface area (Å²) in [5.74, 6) is 0.152. The summed E-state index contributed by atoms with van der Waals surface area (Å²) in [5, 5.41) is 17.1. The second-order valence-electron chi connectivity index (χ2n) is 18.7. The Kier molecular flexibility index (Phi) is 16.9. The number of nitrogens with one attached hydrogen (secondary N) is 5. The SMILES string of the molecule is C=C(c1nc(/C=C/CNC(=O)C2CC2)cc2c(NC3CCOC4(CCN(C)C4)C3)cccc12)C(F)(F)F.C=C(c1nc(/C=C/CNC(=O)C2CC2)cc2c(NC3CNCC3F)cccc12)C(F)(F)F.CC. The third-order valence-corrected chi connectivity index (χ3v) is 13.1. The molecule has 71 heavy (non-hydrogen) atoms. The van der Waals surface area contributed by atoms with Gasteiger partial charge in [-0.3, -0.25) is 9.59 Å². The Bertz CT molecular complexity index is 2640. The Morgan fingerprint density at radius 3 is 1.72 bits per heavy atom. The van der Waals surface area contributed by atoms with Gasteiger partial charge >= 0.3 is 12.4 Å². The van der Waals surface area contributed by atoms with E-state index < -0.39 is 35.7 Å². The summed E-state index contributed by atoms with van der Waals surface area (Å²) >= 11 is 0. The molecule has 2 saturated carbocycles. The van der Waals surface area contributed by atoms with Crippen molar-refractivity contribution in [1.29, 1.82) is 0 Å². The standard InChI is InChI=1S/C28H33F3N4O2.C23H24F4N4O.C2H6/c1-18(28(29,30)31)25-22-6-3-7-24(33-21-10-14-37-27(16-21)11-13-35(2)17-27)23(22)15-20(34-25)5-4-12-32-26(36)19-8-9-19;1-13(23(25,26)27)21-16-5-2-6-19(31-20-12-28-11-18(20)24)17(16)10-15(30-21)4-3-9-29-22(32)14-7-8-14;1-2/h3-7,15,19,21,33H,1,8-14,16-17H2,2H3,(H,32,36);2-6,10,14,18,20,28,31H,1,7-9,11-12H2,(H,29,32);1-2H3/b5-4+;4-3+;. The van der Waals surface area contributed by atoms with Crippen molar-refractivity contribution in [1.82, 2.24) is 30.8 Å². The number of likely N-dealkylation sites (N-methyl/N-ethyl adjacent to an activating group) is 1. The summed E-state index contributed by atoms with van der Waals surface area (Å²) in [6, 6.07) is 13.3. The second kappa shape index (κ2) is 22.7. The second-order valence-corrected chi connectivity index (χ2v) is 18.7. The Labute approximate surface area is 409 Å². The maximum absolute atomic E-state index is 14.1. The number of alkyl halides is 7. The Hall–Kier alpha value is -5.85. The van der Waals surface area contributed by atoms with Crippen LogP contribution in [0.15, 0.2) is 73.8 Å². The van der Waals surface area contributed by atoms with E-state index in [9.17, 15) is 40.3 Å². The molecule has 11 nitrogen and oxygen atoms in total. The number of amides is 2. The van der Waals surface area contributed by atoms with Crippen molar-refractivity contribution < 1.29 is 45.1 Å². The first kappa shape index (κ1) is 53.0. The average molecular weight is 993 g/mol. The molecule has 5 heterocycles. The van der Waals surface area contributed by atoms with Gasteiger partial charge in [-0.2, -0.15) is 26.3 Å². The van der Waals surface area contributed by atoms with Crippen LogP contribution in [0.4, 0.5) is 42.1 Å². The Morgan fingerprint density at radius 1 is 0.775 bits per heavy atom. The molecule has 0 bridgehead atoms. The third kappa shape index (κ3) is 13.6. The molecule has 5 N–H and O–H groups in total. The molecule has 382 valence electrons. The predicted molar refractivity (Wildman–Crippen MR) is 267 cm³/mol. The van der Waals surface area contributed by atoms with Gasteiger partial charge in [-0.25, -0.2) is 14.4 Å². The summed E-state index contributed by atoms with van der Waals surface area (Å²) in [6.07, 6.45) is 2.43. The van der Waals surface area contributed by atoms with Crippen molar-refractivity contribution in [3.8, 4) is 0 Å². The van der Waals surface area contributed by atoms with Gasteiger partial charge in [0.25, 0.3) is 0 Å². The zero-order valence-corrected chi connectivity index (χ0v) is 40.3. The fourth-order valence-electron chi connectivity index (χ4n) is 9.09. The molecule has 2 aromatic carbocycles. The first-order chi connectivity index (χ1) is 33.9. The number of nitrogens with zero attached hydrogens (tertiary/aromatic N) is 3.